The van der Waals surface area contributed by atoms with Crippen LogP contribution in [0.3, 0.4) is 0 Å². The molecule has 0 unspecified atom stereocenters. The summed E-state index contributed by atoms with van der Waals surface area (Å²) >= 11 is 2.31. The summed E-state index contributed by atoms with van der Waals surface area (Å²) in [6.07, 6.45) is 5.77. The van der Waals surface area contributed by atoms with Crippen molar-refractivity contribution >= 4 is 28.7 Å². The van der Waals surface area contributed by atoms with Gasteiger partial charge in [-0.3, -0.25) is 0 Å². The molecule has 0 aromatic heterocycles. The second-order valence-electron chi connectivity index (χ2n) is 2.12. The van der Waals surface area contributed by atoms with E-state index in [1.54, 1.807) is 6.08 Å². The fourth-order valence-corrected chi connectivity index (χ4v) is 1.35. The van der Waals surface area contributed by atoms with Gasteiger partial charge < -0.3 is 0 Å². The number of hydrogen-bond donors (Lipinski definition) is 0. The molecule has 0 aliphatic carbocycles. The molecule has 0 nitrogen and oxygen atoms in total. The molecule has 0 saturated heterocycles. The third-order valence-corrected chi connectivity index (χ3v) is 2.30. The predicted octanol–water partition coefficient (Wildman–Crippen LogP) is 4.52. The summed E-state index contributed by atoms with van der Waals surface area (Å²) in [4.78, 5) is 0. The lowest BCUT2D eigenvalue weighted by Crippen LogP contribution is -1.75. The zero-order valence-corrected chi connectivity index (χ0v) is 10.3. The van der Waals surface area contributed by atoms with Crippen LogP contribution in [0.25, 0.3) is 6.08 Å². The van der Waals surface area contributed by atoms with E-state index in [2.05, 4.69) is 47.4 Å². The van der Waals surface area contributed by atoms with Crippen LogP contribution in [0.15, 0.2) is 43.0 Å². The molecule has 0 bridgehead atoms. The molecule has 0 amide bonds. The van der Waals surface area contributed by atoms with Gasteiger partial charge in [-0.15, -0.1) is 0 Å². The van der Waals surface area contributed by atoms with Crippen molar-refractivity contribution in [3.05, 3.63) is 52.1 Å². The van der Waals surface area contributed by atoms with Crippen LogP contribution in [0.1, 0.15) is 19.4 Å². The molecule has 0 aliphatic heterocycles. The summed E-state index contributed by atoms with van der Waals surface area (Å²) in [6, 6.07) is 8.24. The second kappa shape index (κ2) is 8.05. The Labute approximate surface area is 94.5 Å². The van der Waals surface area contributed by atoms with Crippen molar-refractivity contribution < 1.29 is 0 Å². The Balaban J connectivity index is 0.000000671. The van der Waals surface area contributed by atoms with Crippen LogP contribution in [0.2, 0.25) is 0 Å². The highest BCUT2D eigenvalue weighted by atomic mass is 127. The molecule has 0 heterocycles. The maximum absolute atomic E-state index is 3.62. The third kappa shape index (κ3) is 4.88. The van der Waals surface area contributed by atoms with Gasteiger partial charge in [-0.1, -0.05) is 56.9 Å². The molecule has 1 rings (SSSR count). The van der Waals surface area contributed by atoms with Crippen LogP contribution in [0.4, 0.5) is 0 Å². The number of allylic oxidation sites excluding steroid dienone is 2. The van der Waals surface area contributed by atoms with Crippen molar-refractivity contribution in [3.8, 4) is 0 Å². The van der Waals surface area contributed by atoms with Gasteiger partial charge in [0.05, 0.1) is 0 Å². The van der Waals surface area contributed by atoms with Crippen molar-refractivity contribution in [1.29, 1.82) is 0 Å². The third-order valence-electron chi connectivity index (χ3n) is 1.32. The SMILES string of the molecule is C=C/C=C\c1ccccc1I.CC. The van der Waals surface area contributed by atoms with E-state index < -0.39 is 0 Å². The molecular formula is C12H15I. The van der Waals surface area contributed by atoms with E-state index in [4.69, 9.17) is 0 Å². The average molecular weight is 286 g/mol. The van der Waals surface area contributed by atoms with Crippen molar-refractivity contribution in [2.24, 2.45) is 0 Å². The molecule has 70 valence electrons. The first-order chi connectivity index (χ1) is 6.34. The van der Waals surface area contributed by atoms with Crippen molar-refractivity contribution in [3.63, 3.8) is 0 Å². The minimum absolute atomic E-state index is 1.24. The number of hydrogen-bond acceptors (Lipinski definition) is 0. The van der Waals surface area contributed by atoms with Gasteiger partial charge in [-0.05, 0) is 34.2 Å². The zero-order chi connectivity index (χ0) is 10.1. The highest BCUT2D eigenvalue weighted by Crippen LogP contribution is 2.12. The van der Waals surface area contributed by atoms with Crippen molar-refractivity contribution in [2.75, 3.05) is 0 Å². The van der Waals surface area contributed by atoms with E-state index in [0.717, 1.165) is 0 Å². The molecule has 1 aromatic rings. The lowest BCUT2D eigenvalue weighted by molar-refractivity contribution is 1.50. The maximum Gasteiger partial charge on any atom is 0.0202 e. The topological polar surface area (TPSA) is 0 Å². The molecule has 0 spiro atoms. The van der Waals surface area contributed by atoms with Gasteiger partial charge in [0.15, 0.2) is 0 Å². The fraction of sp³-hybridized carbons (Fsp3) is 0.167. The van der Waals surface area contributed by atoms with Gasteiger partial charge >= 0.3 is 0 Å². The summed E-state index contributed by atoms with van der Waals surface area (Å²) in [5, 5.41) is 0. The van der Waals surface area contributed by atoms with Crippen molar-refractivity contribution in [2.45, 2.75) is 13.8 Å². The second-order valence-corrected chi connectivity index (χ2v) is 3.28. The smallest absolute Gasteiger partial charge is 0.0202 e. The first-order valence-corrected chi connectivity index (χ1v) is 5.46. The first-order valence-electron chi connectivity index (χ1n) is 4.38. The normalized spacial score (nSPS) is 9.15. The highest BCUT2D eigenvalue weighted by Gasteiger charge is 1.90. The number of halogens is 1. The van der Waals surface area contributed by atoms with Gasteiger partial charge in [0.1, 0.15) is 0 Å². The Hall–Kier alpha value is -0.570. The Kier molecular flexibility index (Phi) is 7.69. The zero-order valence-electron chi connectivity index (χ0n) is 8.13. The van der Waals surface area contributed by atoms with E-state index in [0.29, 0.717) is 0 Å². The van der Waals surface area contributed by atoms with Crippen LogP contribution < -0.4 is 0 Å². The van der Waals surface area contributed by atoms with Gasteiger partial charge in [0, 0.05) is 3.57 Å². The van der Waals surface area contributed by atoms with Crippen LogP contribution in [-0.4, -0.2) is 0 Å². The molecular weight excluding hydrogens is 271 g/mol. The van der Waals surface area contributed by atoms with E-state index in [9.17, 15) is 0 Å². The number of benzene rings is 1. The summed E-state index contributed by atoms with van der Waals surface area (Å²) in [5.74, 6) is 0. The predicted molar refractivity (Wildman–Crippen MR) is 69.7 cm³/mol. The highest BCUT2D eigenvalue weighted by molar-refractivity contribution is 14.1. The van der Waals surface area contributed by atoms with E-state index in [1.807, 2.05) is 32.1 Å². The lowest BCUT2D eigenvalue weighted by atomic mass is 10.2. The minimum atomic E-state index is 1.24. The largest absolute Gasteiger partial charge is 0.0991 e. The minimum Gasteiger partial charge on any atom is -0.0991 e. The van der Waals surface area contributed by atoms with Crippen LogP contribution in [0, 0.1) is 3.57 Å². The molecule has 13 heavy (non-hydrogen) atoms. The summed E-state index contributed by atoms with van der Waals surface area (Å²) in [6.45, 7) is 7.62. The molecule has 0 saturated carbocycles. The van der Waals surface area contributed by atoms with Gasteiger partial charge in [-0.2, -0.15) is 0 Å². The fourth-order valence-electron chi connectivity index (χ4n) is 0.782. The molecule has 0 fully saturated rings. The van der Waals surface area contributed by atoms with Crippen molar-refractivity contribution in [1.82, 2.24) is 0 Å². The van der Waals surface area contributed by atoms with E-state index >= 15 is 0 Å². The Morgan fingerprint density at radius 2 is 1.85 bits per heavy atom. The van der Waals surface area contributed by atoms with Gasteiger partial charge in [0.25, 0.3) is 0 Å². The molecule has 1 aromatic carbocycles. The summed E-state index contributed by atoms with van der Waals surface area (Å²) in [5.41, 5.74) is 1.24. The quantitative estimate of drug-likeness (QED) is 0.554. The number of rotatable bonds is 2. The average Bonchev–Trinajstić information content (AvgIpc) is 2.20. The first kappa shape index (κ1) is 12.4. The Bertz CT molecular complexity index is 274. The Morgan fingerprint density at radius 3 is 2.38 bits per heavy atom. The monoisotopic (exact) mass is 286 g/mol. The van der Waals surface area contributed by atoms with Crippen LogP contribution in [0.5, 0.6) is 0 Å². The van der Waals surface area contributed by atoms with E-state index in [1.165, 1.54) is 9.13 Å². The molecule has 0 aliphatic rings. The Morgan fingerprint density at radius 1 is 1.23 bits per heavy atom. The van der Waals surface area contributed by atoms with Crippen LogP contribution in [-0.2, 0) is 0 Å². The van der Waals surface area contributed by atoms with Crippen LogP contribution >= 0.6 is 22.6 Å². The molecule has 0 radical (unpaired) electrons. The maximum atomic E-state index is 3.62. The standard InChI is InChI=1S/C10H9I.C2H6/c1-2-3-6-9-7-4-5-8-10(9)11;1-2/h2-8H,1H2;1-2H3/b6-3-;. The van der Waals surface area contributed by atoms with Gasteiger partial charge in [-0.25, -0.2) is 0 Å². The molecule has 0 atom stereocenters. The summed E-state index contributed by atoms with van der Waals surface area (Å²) in [7, 11) is 0. The van der Waals surface area contributed by atoms with E-state index in [-0.39, 0.29) is 0 Å². The van der Waals surface area contributed by atoms with Gasteiger partial charge in [0.2, 0.25) is 0 Å². The lowest BCUT2D eigenvalue weighted by Gasteiger charge is -1.94. The molecule has 1 heteroatoms. The summed E-state index contributed by atoms with van der Waals surface area (Å²) < 4.78 is 1.27. The molecule has 0 N–H and O–H groups in total.